The van der Waals surface area contributed by atoms with Gasteiger partial charge >= 0.3 is 0 Å². The van der Waals surface area contributed by atoms with E-state index in [2.05, 4.69) is 10.1 Å². The Bertz CT molecular complexity index is 766. The average molecular weight is 261 g/mol. The highest BCUT2D eigenvalue weighted by molar-refractivity contribution is 5.60. The van der Waals surface area contributed by atoms with Gasteiger partial charge in [0.25, 0.3) is 0 Å². The Kier molecular flexibility index (Phi) is 2.90. The SMILES string of the molecule is N#Cc1ccc(-c2cc(N)n(-c3ccccc3)n2)nc1. The molecule has 0 aliphatic carbocycles. The third-order valence-electron chi connectivity index (χ3n) is 2.89. The number of nitrogens with zero attached hydrogens (tertiary/aromatic N) is 4. The molecule has 0 saturated carbocycles. The Labute approximate surface area is 115 Å². The minimum Gasteiger partial charge on any atom is -0.384 e. The van der Waals surface area contributed by atoms with Crippen molar-refractivity contribution in [2.24, 2.45) is 0 Å². The third-order valence-corrected chi connectivity index (χ3v) is 2.89. The van der Waals surface area contributed by atoms with Crippen LogP contribution in [0.25, 0.3) is 17.1 Å². The zero-order valence-corrected chi connectivity index (χ0v) is 10.6. The first-order chi connectivity index (χ1) is 9.78. The van der Waals surface area contributed by atoms with Gasteiger partial charge in [0.1, 0.15) is 17.6 Å². The molecule has 2 heterocycles. The summed E-state index contributed by atoms with van der Waals surface area (Å²) in [5, 5.41) is 13.2. The third kappa shape index (κ3) is 2.10. The molecule has 96 valence electrons. The van der Waals surface area contributed by atoms with E-state index < -0.39 is 0 Å². The van der Waals surface area contributed by atoms with Gasteiger partial charge in [-0.3, -0.25) is 4.98 Å². The number of hydrogen-bond donors (Lipinski definition) is 1. The molecule has 0 bridgehead atoms. The molecular formula is C15H11N5. The van der Waals surface area contributed by atoms with Crippen molar-refractivity contribution in [2.45, 2.75) is 0 Å². The number of nitriles is 1. The number of nitrogen functional groups attached to an aromatic ring is 1. The van der Waals surface area contributed by atoms with Crippen molar-refractivity contribution < 1.29 is 0 Å². The number of para-hydroxylation sites is 1. The van der Waals surface area contributed by atoms with E-state index in [-0.39, 0.29) is 0 Å². The average Bonchev–Trinajstić information content (AvgIpc) is 2.90. The molecule has 2 N–H and O–H groups in total. The number of rotatable bonds is 2. The maximum absolute atomic E-state index is 8.77. The van der Waals surface area contributed by atoms with Crippen molar-refractivity contribution in [3.8, 4) is 23.1 Å². The lowest BCUT2D eigenvalue weighted by atomic mass is 10.2. The lowest BCUT2D eigenvalue weighted by Gasteiger charge is -2.02. The summed E-state index contributed by atoms with van der Waals surface area (Å²) in [6.45, 7) is 0. The van der Waals surface area contributed by atoms with Crippen molar-refractivity contribution in [1.29, 1.82) is 5.26 Å². The largest absolute Gasteiger partial charge is 0.384 e. The smallest absolute Gasteiger partial charge is 0.127 e. The standard InChI is InChI=1S/C15H11N5/c16-9-11-6-7-13(18-10-11)14-8-15(17)20(19-14)12-4-2-1-3-5-12/h1-8,10H,17H2. The van der Waals surface area contributed by atoms with Crippen LogP contribution in [-0.4, -0.2) is 14.8 Å². The molecule has 0 fully saturated rings. The highest BCUT2D eigenvalue weighted by Gasteiger charge is 2.09. The summed E-state index contributed by atoms with van der Waals surface area (Å²) < 4.78 is 1.66. The van der Waals surface area contributed by atoms with Gasteiger partial charge in [0.2, 0.25) is 0 Å². The van der Waals surface area contributed by atoms with Crippen LogP contribution in [0.1, 0.15) is 5.56 Å². The number of nitrogens with two attached hydrogens (primary N) is 1. The molecule has 3 rings (SSSR count). The van der Waals surface area contributed by atoms with Crippen LogP contribution in [0.2, 0.25) is 0 Å². The van der Waals surface area contributed by atoms with E-state index in [4.69, 9.17) is 11.0 Å². The van der Waals surface area contributed by atoms with Crippen LogP contribution in [0.3, 0.4) is 0 Å². The Hall–Kier alpha value is -3.13. The van der Waals surface area contributed by atoms with Crippen LogP contribution >= 0.6 is 0 Å². The minimum atomic E-state index is 0.518. The van der Waals surface area contributed by atoms with Crippen LogP contribution in [0.5, 0.6) is 0 Å². The molecule has 0 radical (unpaired) electrons. The zero-order chi connectivity index (χ0) is 13.9. The number of pyridine rings is 1. The highest BCUT2D eigenvalue weighted by Crippen LogP contribution is 2.21. The molecule has 0 amide bonds. The van der Waals surface area contributed by atoms with E-state index in [9.17, 15) is 0 Å². The van der Waals surface area contributed by atoms with Crippen molar-refractivity contribution in [2.75, 3.05) is 5.73 Å². The summed E-state index contributed by atoms with van der Waals surface area (Å²) >= 11 is 0. The van der Waals surface area contributed by atoms with Crippen LogP contribution < -0.4 is 5.73 Å². The second kappa shape index (κ2) is 4.86. The Morgan fingerprint density at radius 2 is 1.85 bits per heavy atom. The summed E-state index contributed by atoms with van der Waals surface area (Å²) in [6, 6.07) is 16.9. The number of anilines is 1. The fourth-order valence-corrected chi connectivity index (χ4v) is 1.91. The predicted octanol–water partition coefficient (Wildman–Crippen LogP) is 2.39. The van der Waals surface area contributed by atoms with Crippen molar-refractivity contribution in [3.05, 3.63) is 60.3 Å². The summed E-state index contributed by atoms with van der Waals surface area (Å²) in [4.78, 5) is 4.21. The van der Waals surface area contributed by atoms with E-state index in [1.54, 1.807) is 22.9 Å². The van der Waals surface area contributed by atoms with Crippen LogP contribution in [0.15, 0.2) is 54.7 Å². The maximum Gasteiger partial charge on any atom is 0.127 e. The monoisotopic (exact) mass is 261 g/mol. The fourth-order valence-electron chi connectivity index (χ4n) is 1.91. The first-order valence-electron chi connectivity index (χ1n) is 6.05. The van der Waals surface area contributed by atoms with Crippen LogP contribution in [0.4, 0.5) is 5.82 Å². The fraction of sp³-hybridized carbons (Fsp3) is 0. The molecule has 0 aliphatic rings. The summed E-state index contributed by atoms with van der Waals surface area (Å²) in [7, 11) is 0. The topological polar surface area (TPSA) is 80.5 Å². The predicted molar refractivity (Wildman–Crippen MR) is 75.9 cm³/mol. The molecule has 20 heavy (non-hydrogen) atoms. The number of hydrogen-bond acceptors (Lipinski definition) is 4. The molecular weight excluding hydrogens is 250 g/mol. The van der Waals surface area contributed by atoms with Gasteiger partial charge in [-0.05, 0) is 24.3 Å². The van der Waals surface area contributed by atoms with Gasteiger partial charge < -0.3 is 5.73 Å². The van der Waals surface area contributed by atoms with E-state index in [0.717, 1.165) is 5.69 Å². The van der Waals surface area contributed by atoms with Crippen molar-refractivity contribution in [3.63, 3.8) is 0 Å². The molecule has 0 unspecified atom stereocenters. The molecule has 2 aromatic heterocycles. The van der Waals surface area contributed by atoms with Crippen LogP contribution in [-0.2, 0) is 0 Å². The van der Waals surface area contributed by atoms with E-state index in [1.165, 1.54) is 6.20 Å². The molecule has 5 heteroatoms. The molecule has 1 aromatic carbocycles. The first kappa shape index (κ1) is 11.9. The number of aromatic nitrogens is 3. The minimum absolute atomic E-state index is 0.518. The highest BCUT2D eigenvalue weighted by atomic mass is 15.3. The maximum atomic E-state index is 8.77. The van der Waals surface area contributed by atoms with Crippen molar-refractivity contribution in [1.82, 2.24) is 14.8 Å². The second-order valence-electron chi connectivity index (χ2n) is 4.25. The first-order valence-corrected chi connectivity index (χ1v) is 6.05. The van der Waals surface area contributed by atoms with E-state index in [0.29, 0.717) is 22.8 Å². The van der Waals surface area contributed by atoms with Gasteiger partial charge in [-0.25, -0.2) is 4.68 Å². The Morgan fingerprint density at radius 3 is 2.50 bits per heavy atom. The van der Waals surface area contributed by atoms with Gasteiger partial charge in [0.15, 0.2) is 0 Å². The molecule has 0 spiro atoms. The molecule has 5 nitrogen and oxygen atoms in total. The molecule has 0 aliphatic heterocycles. The van der Waals surface area contributed by atoms with E-state index >= 15 is 0 Å². The normalized spacial score (nSPS) is 10.2. The quantitative estimate of drug-likeness (QED) is 0.768. The lowest BCUT2D eigenvalue weighted by molar-refractivity contribution is 0.893. The van der Waals surface area contributed by atoms with Gasteiger partial charge in [-0.2, -0.15) is 10.4 Å². The zero-order valence-electron chi connectivity index (χ0n) is 10.6. The van der Waals surface area contributed by atoms with E-state index in [1.807, 2.05) is 36.4 Å². The number of benzene rings is 1. The van der Waals surface area contributed by atoms with Gasteiger partial charge in [-0.15, -0.1) is 0 Å². The van der Waals surface area contributed by atoms with Gasteiger partial charge in [-0.1, -0.05) is 18.2 Å². The van der Waals surface area contributed by atoms with Crippen LogP contribution in [0, 0.1) is 11.3 Å². The summed E-state index contributed by atoms with van der Waals surface area (Å²) in [6.07, 6.45) is 1.52. The summed E-state index contributed by atoms with van der Waals surface area (Å²) in [5.74, 6) is 0.539. The Balaban J connectivity index is 2.02. The Morgan fingerprint density at radius 1 is 1.05 bits per heavy atom. The van der Waals surface area contributed by atoms with Gasteiger partial charge in [0.05, 0.1) is 16.9 Å². The van der Waals surface area contributed by atoms with Crippen molar-refractivity contribution >= 4 is 5.82 Å². The molecule has 0 saturated heterocycles. The molecule has 3 aromatic rings. The lowest BCUT2D eigenvalue weighted by Crippen LogP contribution is -2.01. The van der Waals surface area contributed by atoms with Gasteiger partial charge in [0, 0.05) is 12.3 Å². The summed E-state index contributed by atoms with van der Waals surface area (Å²) in [5.41, 5.74) is 8.76. The second-order valence-corrected chi connectivity index (χ2v) is 4.25. The molecule has 0 atom stereocenters.